The number of aryl methyl sites for hydroxylation is 1. The fourth-order valence-electron chi connectivity index (χ4n) is 3.19. The maximum absolute atomic E-state index is 13.2. The van der Waals surface area contributed by atoms with Gasteiger partial charge in [-0.25, -0.2) is 19.3 Å². The molecule has 0 N–H and O–H groups in total. The van der Waals surface area contributed by atoms with Gasteiger partial charge < -0.3 is 9.80 Å². The molecule has 26 heavy (non-hydrogen) atoms. The number of rotatable bonds is 3. The second-order valence-corrected chi connectivity index (χ2v) is 6.33. The number of hydrogen-bond acceptors (Lipinski definition) is 5. The normalized spacial score (nSPS) is 14.5. The van der Waals surface area contributed by atoms with E-state index in [1.807, 2.05) is 37.4 Å². The Bertz CT molecular complexity index is 874. The highest BCUT2D eigenvalue weighted by molar-refractivity contribution is 5.63. The molecule has 0 unspecified atom stereocenters. The average Bonchev–Trinajstić information content (AvgIpc) is 2.69. The third kappa shape index (κ3) is 3.49. The molecule has 1 aromatic carbocycles. The van der Waals surface area contributed by atoms with Crippen LogP contribution >= 0.6 is 0 Å². The van der Waals surface area contributed by atoms with Crippen molar-refractivity contribution in [3.05, 3.63) is 66.4 Å². The van der Waals surface area contributed by atoms with Crippen LogP contribution in [0.15, 0.2) is 54.7 Å². The first-order valence-corrected chi connectivity index (χ1v) is 8.71. The van der Waals surface area contributed by atoms with E-state index in [9.17, 15) is 4.39 Å². The molecule has 0 atom stereocenters. The summed E-state index contributed by atoms with van der Waals surface area (Å²) in [4.78, 5) is 18.1. The highest BCUT2D eigenvalue weighted by atomic mass is 19.1. The van der Waals surface area contributed by atoms with Gasteiger partial charge in [-0.15, -0.1) is 0 Å². The number of benzene rings is 1. The van der Waals surface area contributed by atoms with Crippen LogP contribution in [0.1, 0.15) is 5.82 Å². The molecular weight excluding hydrogens is 329 g/mol. The largest absolute Gasteiger partial charge is 0.353 e. The molecule has 0 saturated carbocycles. The Morgan fingerprint density at radius 2 is 1.54 bits per heavy atom. The number of nitrogens with zero attached hydrogens (tertiary/aromatic N) is 5. The van der Waals surface area contributed by atoms with Crippen LogP contribution in [0, 0.1) is 12.7 Å². The smallest absolute Gasteiger partial charge is 0.132 e. The lowest BCUT2D eigenvalue weighted by Gasteiger charge is -2.36. The Morgan fingerprint density at radius 3 is 2.19 bits per heavy atom. The molecule has 1 fully saturated rings. The zero-order chi connectivity index (χ0) is 17.9. The van der Waals surface area contributed by atoms with Crippen molar-refractivity contribution in [2.45, 2.75) is 6.92 Å². The molecule has 0 bridgehead atoms. The summed E-state index contributed by atoms with van der Waals surface area (Å²) in [7, 11) is 0. The lowest BCUT2D eigenvalue weighted by atomic mass is 10.1. The van der Waals surface area contributed by atoms with Crippen molar-refractivity contribution in [3.8, 4) is 11.3 Å². The van der Waals surface area contributed by atoms with Gasteiger partial charge in [-0.2, -0.15) is 0 Å². The number of piperazine rings is 1. The molecule has 2 aromatic heterocycles. The number of hydrogen-bond donors (Lipinski definition) is 0. The van der Waals surface area contributed by atoms with Gasteiger partial charge in [0.2, 0.25) is 0 Å². The second kappa shape index (κ2) is 7.07. The zero-order valence-electron chi connectivity index (χ0n) is 14.6. The molecule has 132 valence electrons. The summed E-state index contributed by atoms with van der Waals surface area (Å²) in [6, 6.07) is 14.4. The van der Waals surface area contributed by atoms with Crippen LogP contribution < -0.4 is 9.80 Å². The molecule has 1 aliphatic rings. The summed E-state index contributed by atoms with van der Waals surface area (Å²) >= 11 is 0. The Balaban J connectivity index is 1.53. The van der Waals surface area contributed by atoms with Crippen LogP contribution in [0.25, 0.3) is 11.3 Å². The van der Waals surface area contributed by atoms with Gasteiger partial charge in [-0.1, -0.05) is 6.07 Å². The summed E-state index contributed by atoms with van der Waals surface area (Å²) in [5, 5.41) is 0. The van der Waals surface area contributed by atoms with E-state index in [-0.39, 0.29) is 5.82 Å². The zero-order valence-corrected chi connectivity index (χ0v) is 14.6. The standard InChI is InChI=1S/C20H20FN5/c1-15-23-18(16-5-7-17(21)8-6-16)14-20(24-15)26-12-10-25(11-13-26)19-4-2-3-9-22-19/h2-9,14H,10-13H2,1H3. The van der Waals surface area contributed by atoms with Crippen LogP contribution in [0.4, 0.5) is 16.0 Å². The van der Waals surface area contributed by atoms with E-state index < -0.39 is 0 Å². The summed E-state index contributed by atoms with van der Waals surface area (Å²) in [6.45, 7) is 5.42. The predicted octanol–water partition coefficient (Wildman–Crippen LogP) is 3.31. The molecule has 1 saturated heterocycles. The average molecular weight is 349 g/mol. The van der Waals surface area contributed by atoms with E-state index in [0.29, 0.717) is 5.82 Å². The van der Waals surface area contributed by atoms with Crippen molar-refractivity contribution >= 4 is 11.6 Å². The number of anilines is 2. The highest BCUT2D eigenvalue weighted by Gasteiger charge is 2.20. The van der Waals surface area contributed by atoms with Gasteiger partial charge in [0.25, 0.3) is 0 Å². The molecule has 1 aliphatic heterocycles. The predicted molar refractivity (Wildman–Crippen MR) is 101 cm³/mol. The third-order valence-corrected chi connectivity index (χ3v) is 4.54. The van der Waals surface area contributed by atoms with Crippen LogP contribution in [0.2, 0.25) is 0 Å². The first kappa shape index (κ1) is 16.4. The summed E-state index contributed by atoms with van der Waals surface area (Å²) < 4.78 is 13.2. The fraction of sp³-hybridized carbons (Fsp3) is 0.250. The van der Waals surface area contributed by atoms with E-state index in [1.54, 1.807) is 12.1 Å². The maximum Gasteiger partial charge on any atom is 0.132 e. The minimum atomic E-state index is -0.245. The fourth-order valence-corrected chi connectivity index (χ4v) is 3.19. The quantitative estimate of drug-likeness (QED) is 0.726. The summed E-state index contributed by atoms with van der Waals surface area (Å²) in [5.41, 5.74) is 1.71. The first-order valence-electron chi connectivity index (χ1n) is 8.71. The Labute approximate surface area is 152 Å². The van der Waals surface area contributed by atoms with Gasteiger partial charge in [-0.05, 0) is 43.3 Å². The Morgan fingerprint density at radius 1 is 0.846 bits per heavy atom. The molecule has 0 amide bonds. The van der Waals surface area contributed by atoms with Crippen LogP contribution in [0.3, 0.4) is 0 Å². The summed E-state index contributed by atoms with van der Waals surface area (Å²) in [5.74, 6) is 2.40. The lowest BCUT2D eigenvalue weighted by Crippen LogP contribution is -2.47. The van der Waals surface area contributed by atoms with E-state index in [0.717, 1.165) is 49.1 Å². The van der Waals surface area contributed by atoms with Gasteiger partial charge in [0.05, 0.1) is 5.69 Å². The van der Waals surface area contributed by atoms with Gasteiger partial charge in [-0.3, -0.25) is 0 Å². The van der Waals surface area contributed by atoms with E-state index in [1.165, 1.54) is 12.1 Å². The van der Waals surface area contributed by atoms with Crippen LogP contribution in [0.5, 0.6) is 0 Å². The number of pyridine rings is 1. The van der Waals surface area contributed by atoms with Crippen LogP contribution in [-0.4, -0.2) is 41.1 Å². The van der Waals surface area contributed by atoms with E-state index >= 15 is 0 Å². The maximum atomic E-state index is 13.2. The number of halogens is 1. The summed E-state index contributed by atoms with van der Waals surface area (Å²) in [6.07, 6.45) is 1.82. The highest BCUT2D eigenvalue weighted by Crippen LogP contribution is 2.23. The first-order chi connectivity index (χ1) is 12.7. The molecule has 0 radical (unpaired) electrons. The van der Waals surface area contributed by atoms with Gasteiger partial charge >= 0.3 is 0 Å². The van der Waals surface area contributed by atoms with E-state index in [4.69, 9.17) is 0 Å². The number of aromatic nitrogens is 3. The van der Waals surface area contributed by atoms with Gasteiger partial charge in [0.15, 0.2) is 0 Å². The monoisotopic (exact) mass is 349 g/mol. The molecule has 0 spiro atoms. The topological polar surface area (TPSA) is 45.2 Å². The molecule has 3 aromatic rings. The molecule has 3 heterocycles. The third-order valence-electron chi connectivity index (χ3n) is 4.54. The van der Waals surface area contributed by atoms with Crippen molar-refractivity contribution in [2.75, 3.05) is 36.0 Å². The minimum Gasteiger partial charge on any atom is -0.353 e. The van der Waals surface area contributed by atoms with Crippen LogP contribution in [-0.2, 0) is 0 Å². The van der Waals surface area contributed by atoms with Crippen molar-refractivity contribution in [2.24, 2.45) is 0 Å². The van der Waals surface area contributed by atoms with Crippen molar-refractivity contribution < 1.29 is 4.39 Å². The van der Waals surface area contributed by atoms with E-state index in [2.05, 4.69) is 24.8 Å². The Hall–Kier alpha value is -3.02. The molecule has 0 aliphatic carbocycles. The minimum absolute atomic E-state index is 0.245. The second-order valence-electron chi connectivity index (χ2n) is 6.33. The molecule has 6 heteroatoms. The Kier molecular flexibility index (Phi) is 4.48. The molecule has 4 rings (SSSR count). The van der Waals surface area contributed by atoms with Crippen molar-refractivity contribution in [1.29, 1.82) is 0 Å². The SMILES string of the molecule is Cc1nc(-c2ccc(F)cc2)cc(N2CCN(c3ccccn3)CC2)n1. The van der Waals surface area contributed by atoms with Gasteiger partial charge in [0.1, 0.15) is 23.3 Å². The van der Waals surface area contributed by atoms with Gasteiger partial charge in [0, 0.05) is 44.0 Å². The lowest BCUT2D eigenvalue weighted by molar-refractivity contribution is 0.628. The molecule has 5 nitrogen and oxygen atoms in total. The molecular formula is C20H20FN5. The van der Waals surface area contributed by atoms with Crippen molar-refractivity contribution in [3.63, 3.8) is 0 Å². The van der Waals surface area contributed by atoms with Crippen molar-refractivity contribution in [1.82, 2.24) is 15.0 Å².